The van der Waals surface area contributed by atoms with Crippen molar-refractivity contribution in [3.05, 3.63) is 41.5 Å². The molecule has 1 aliphatic heterocycles. The molecule has 0 aliphatic carbocycles. The van der Waals surface area contributed by atoms with Gasteiger partial charge in [-0.25, -0.2) is 0 Å². The van der Waals surface area contributed by atoms with Crippen molar-refractivity contribution in [2.75, 3.05) is 11.9 Å². The molecule has 0 bridgehead atoms. The van der Waals surface area contributed by atoms with Gasteiger partial charge in [0.05, 0.1) is 5.92 Å². The Kier molecular flexibility index (Phi) is 3.85. The highest BCUT2D eigenvalue weighted by Crippen LogP contribution is 2.36. The summed E-state index contributed by atoms with van der Waals surface area (Å²) < 4.78 is 10.4. The molecule has 2 atom stereocenters. The highest BCUT2D eigenvalue weighted by atomic mass is 16.6. The van der Waals surface area contributed by atoms with Gasteiger partial charge in [0.2, 0.25) is 5.91 Å². The minimum atomic E-state index is -0.661. The molecule has 0 radical (unpaired) electrons. The van der Waals surface area contributed by atoms with E-state index in [2.05, 4.69) is 10.1 Å². The highest BCUT2D eigenvalue weighted by molar-refractivity contribution is 6.01. The van der Waals surface area contributed by atoms with Gasteiger partial charge in [0.15, 0.2) is 11.9 Å². The number of anilines is 1. The molecule has 2 heterocycles. The molecule has 1 amide bonds. The normalized spacial score (nSPS) is 18.5. The second kappa shape index (κ2) is 5.83. The third-order valence-corrected chi connectivity index (χ3v) is 3.89. The summed E-state index contributed by atoms with van der Waals surface area (Å²) in [5.41, 5.74) is 1.51. The van der Waals surface area contributed by atoms with Gasteiger partial charge in [-0.3, -0.25) is 9.59 Å². The van der Waals surface area contributed by atoms with Crippen molar-refractivity contribution in [2.45, 2.75) is 32.3 Å². The standard InChI is InChI=1S/C16H17N3O4/c1-9(15-17-10(2)18-23-15)22-16(21)12-8-14(20)19(3)13-7-5-4-6-11(12)13/h4-7,9,12H,8H2,1-3H3/t9-,12-/m1/s1. The Morgan fingerprint density at radius 1 is 1.43 bits per heavy atom. The SMILES string of the molecule is Cc1noc([C@@H](C)OC(=O)[C@@H]2CC(=O)N(C)c3ccccc32)n1. The van der Waals surface area contributed by atoms with Crippen LogP contribution in [0.3, 0.4) is 0 Å². The van der Waals surface area contributed by atoms with Gasteiger partial charge in [0.25, 0.3) is 5.89 Å². The van der Waals surface area contributed by atoms with Crippen molar-refractivity contribution < 1.29 is 18.8 Å². The van der Waals surface area contributed by atoms with Crippen LogP contribution in [0, 0.1) is 6.92 Å². The van der Waals surface area contributed by atoms with E-state index in [1.165, 1.54) is 0 Å². The monoisotopic (exact) mass is 315 g/mol. The maximum atomic E-state index is 12.5. The first kappa shape index (κ1) is 15.2. The molecule has 1 aromatic carbocycles. The molecule has 23 heavy (non-hydrogen) atoms. The molecule has 7 nitrogen and oxygen atoms in total. The molecular weight excluding hydrogens is 298 g/mol. The first-order valence-electron chi connectivity index (χ1n) is 7.33. The maximum Gasteiger partial charge on any atom is 0.314 e. The number of aryl methyl sites for hydroxylation is 1. The van der Waals surface area contributed by atoms with Crippen LogP contribution in [0.4, 0.5) is 5.69 Å². The number of benzene rings is 1. The van der Waals surface area contributed by atoms with Gasteiger partial charge in [-0.1, -0.05) is 23.4 Å². The van der Waals surface area contributed by atoms with Crippen LogP contribution in [0.25, 0.3) is 0 Å². The number of aromatic nitrogens is 2. The Morgan fingerprint density at radius 3 is 2.87 bits per heavy atom. The predicted molar refractivity (Wildman–Crippen MR) is 80.8 cm³/mol. The van der Waals surface area contributed by atoms with Crippen molar-refractivity contribution in [3.63, 3.8) is 0 Å². The smallest absolute Gasteiger partial charge is 0.314 e. The molecule has 0 unspecified atom stereocenters. The summed E-state index contributed by atoms with van der Waals surface area (Å²) in [5, 5.41) is 3.68. The second-order valence-electron chi connectivity index (χ2n) is 5.53. The molecule has 1 aliphatic rings. The summed E-state index contributed by atoms with van der Waals surface area (Å²) in [4.78, 5) is 30.2. The van der Waals surface area contributed by atoms with Crippen molar-refractivity contribution in [1.29, 1.82) is 0 Å². The first-order valence-corrected chi connectivity index (χ1v) is 7.33. The van der Waals surface area contributed by atoms with Crippen LogP contribution < -0.4 is 4.90 Å². The second-order valence-corrected chi connectivity index (χ2v) is 5.53. The van der Waals surface area contributed by atoms with Gasteiger partial charge in [-0.2, -0.15) is 4.98 Å². The molecule has 7 heteroatoms. The average Bonchev–Trinajstić information content (AvgIpc) is 2.97. The third-order valence-electron chi connectivity index (χ3n) is 3.89. The fraction of sp³-hybridized carbons (Fsp3) is 0.375. The lowest BCUT2D eigenvalue weighted by molar-refractivity contribution is -0.153. The minimum Gasteiger partial charge on any atom is -0.452 e. The summed E-state index contributed by atoms with van der Waals surface area (Å²) >= 11 is 0. The molecule has 0 N–H and O–H groups in total. The summed E-state index contributed by atoms with van der Waals surface area (Å²) in [6, 6.07) is 7.33. The Morgan fingerprint density at radius 2 is 2.17 bits per heavy atom. The Labute approximate surface area is 133 Å². The van der Waals surface area contributed by atoms with Gasteiger partial charge in [-0.15, -0.1) is 0 Å². The summed E-state index contributed by atoms with van der Waals surface area (Å²) in [6.07, 6.45) is -0.576. The number of esters is 1. The predicted octanol–water partition coefficient (Wildman–Crippen LogP) is 2.13. The van der Waals surface area contributed by atoms with E-state index in [1.54, 1.807) is 25.8 Å². The molecule has 3 rings (SSSR count). The fourth-order valence-corrected chi connectivity index (χ4v) is 2.64. The van der Waals surface area contributed by atoms with E-state index in [4.69, 9.17) is 9.26 Å². The number of carbonyl (C=O) groups excluding carboxylic acids is 2. The lowest BCUT2D eigenvalue weighted by atomic mass is 9.89. The van der Waals surface area contributed by atoms with Gasteiger partial charge in [-0.05, 0) is 25.5 Å². The van der Waals surface area contributed by atoms with E-state index in [0.29, 0.717) is 5.82 Å². The van der Waals surface area contributed by atoms with E-state index >= 15 is 0 Å². The summed E-state index contributed by atoms with van der Waals surface area (Å²) in [6.45, 7) is 3.35. The number of para-hydroxylation sites is 1. The Balaban J connectivity index is 1.82. The molecule has 120 valence electrons. The van der Waals surface area contributed by atoms with Crippen LogP contribution in [0.2, 0.25) is 0 Å². The number of nitrogens with zero attached hydrogens (tertiary/aromatic N) is 3. The van der Waals surface area contributed by atoms with Crippen LogP contribution in [0.1, 0.15) is 42.6 Å². The number of amides is 1. The van der Waals surface area contributed by atoms with E-state index in [1.807, 2.05) is 24.3 Å². The van der Waals surface area contributed by atoms with Crippen molar-refractivity contribution in [2.24, 2.45) is 0 Å². The number of carbonyl (C=O) groups is 2. The average molecular weight is 315 g/mol. The van der Waals surface area contributed by atoms with Crippen LogP contribution in [0.5, 0.6) is 0 Å². The molecular formula is C16H17N3O4. The van der Waals surface area contributed by atoms with Crippen LogP contribution in [0.15, 0.2) is 28.8 Å². The largest absolute Gasteiger partial charge is 0.452 e. The number of ether oxygens (including phenoxy) is 1. The van der Waals surface area contributed by atoms with Gasteiger partial charge in [0, 0.05) is 19.2 Å². The molecule has 1 aromatic heterocycles. The number of fused-ring (bicyclic) bond motifs is 1. The van der Waals surface area contributed by atoms with Crippen LogP contribution in [-0.2, 0) is 14.3 Å². The zero-order valence-electron chi connectivity index (χ0n) is 13.1. The van der Waals surface area contributed by atoms with Gasteiger partial charge >= 0.3 is 5.97 Å². The van der Waals surface area contributed by atoms with E-state index < -0.39 is 18.0 Å². The lowest BCUT2D eigenvalue weighted by Crippen LogP contribution is -2.36. The first-order chi connectivity index (χ1) is 11.0. The van der Waals surface area contributed by atoms with Crippen LogP contribution in [-0.4, -0.2) is 29.1 Å². The van der Waals surface area contributed by atoms with E-state index in [0.717, 1.165) is 11.3 Å². The summed E-state index contributed by atoms with van der Waals surface area (Å²) in [7, 11) is 1.70. The number of hydrogen-bond acceptors (Lipinski definition) is 6. The van der Waals surface area contributed by atoms with E-state index in [-0.39, 0.29) is 18.2 Å². The molecule has 0 saturated heterocycles. The quantitative estimate of drug-likeness (QED) is 0.807. The lowest BCUT2D eigenvalue weighted by Gasteiger charge is -2.30. The number of hydrogen-bond donors (Lipinski definition) is 0. The summed E-state index contributed by atoms with van der Waals surface area (Å²) in [5.74, 6) is -0.498. The highest BCUT2D eigenvalue weighted by Gasteiger charge is 2.35. The van der Waals surface area contributed by atoms with Crippen molar-refractivity contribution in [1.82, 2.24) is 10.1 Å². The van der Waals surface area contributed by atoms with Crippen molar-refractivity contribution in [3.8, 4) is 0 Å². The fourth-order valence-electron chi connectivity index (χ4n) is 2.64. The molecule has 0 fully saturated rings. The Bertz CT molecular complexity index is 755. The molecule has 0 saturated carbocycles. The molecule has 2 aromatic rings. The Hall–Kier alpha value is -2.70. The zero-order valence-corrected chi connectivity index (χ0v) is 13.1. The minimum absolute atomic E-state index is 0.0852. The zero-order chi connectivity index (χ0) is 16.6. The van der Waals surface area contributed by atoms with Crippen LogP contribution >= 0.6 is 0 Å². The number of rotatable bonds is 3. The van der Waals surface area contributed by atoms with Crippen molar-refractivity contribution >= 4 is 17.6 Å². The molecule has 0 spiro atoms. The maximum absolute atomic E-state index is 12.5. The van der Waals surface area contributed by atoms with Gasteiger partial charge in [0.1, 0.15) is 0 Å². The van der Waals surface area contributed by atoms with Gasteiger partial charge < -0.3 is 14.2 Å². The third kappa shape index (κ3) is 2.81. The van der Waals surface area contributed by atoms with E-state index in [9.17, 15) is 9.59 Å². The topological polar surface area (TPSA) is 85.5 Å².